The lowest BCUT2D eigenvalue weighted by molar-refractivity contribution is -0.130. The Morgan fingerprint density at radius 3 is 2.46 bits per heavy atom. The first-order valence-corrected chi connectivity index (χ1v) is 19.3. The number of hydrogen-bond acceptors (Lipinski definition) is 9. The highest BCUT2D eigenvalue weighted by atomic mass is 16.5. The Hall–Kier alpha value is -6.12. The van der Waals surface area contributed by atoms with Gasteiger partial charge in [0, 0.05) is 31.4 Å². The second kappa shape index (κ2) is 17.1. The SMILES string of the molecule is CC(C)C[C@H]1COc2ccc(cc2)C[C@H](NC(=O)c2cn3cccnc3n2)C(=O)N[C@H](C)C(=O)N[C@H](Cc2ccccc2)c2nc(CC3CC3)nn2CC(=O)N1. The summed E-state index contributed by atoms with van der Waals surface area (Å²) in [6, 6.07) is 15.6. The van der Waals surface area contributed by atoms with E-state index in [9.17, 15) is 19.2 Å². The molecule has 15 nitrogen and oxygen atoms in total. The fraction of sp³-hybridized carbons (Fsp3) is 0.415. The number of ether oxygens (including phenoxy) is 1. The molecular formula is C41H48N10O5. The Kier molecular flexibility index (Phi) is 11.7. The third-order valence-corrected chi connectivity index (χ3v) is 9.89. The van der Waals surface area contributed by atoms with Crippen LogP contribution in [0.4, 0.5) is 0 Å². The van der Waals surface area contributed by atoms with Gasteiger partial charge in [-0.05, 0) is 73.8 Å². The van der Waals surface area contributed by atoms with Crippen molar-refractivity contribution in [3.8, 4) is 5.75 Å². The average molecular weight is 761 g/mol. The number of benzene rings is 2. The van der Waals surface area contributed by atoms with Crippen molar-refractivity contribution < 1.29 is 23.9 Å². The van der Waals surface area contributed by atoms with Crippen molar-refractivity contribution in [3.63, 3.8) is 0 Å². The van der Waals surface area contributed by atoms with Crippen LogP contribution in [0.2, 0.25) is 0 Å². The Morgan fingerprint density at radius 1 is 0.946 bits per heavy atom. The summed E-state index contributed by atoms with van der Waals surface area (Å²) >= 11 is 0. The zero-order chi connectivity index (χ0) is 39.2. The lowest BCUT2D eigenvalue weighted by Crippen LogP contribution is -2.54. The normalized spacial score (nSPS) is 21.1. The van der Waals surface area contributed by atoms with E-state index >= 15 is 0 Å². The molecule has 56 heavy (non-hydrogen) atoms. The second-order valence-electron chi connectivity index (χ2n) is 15.2. The van der Waals surface area contributed by atoms with Gasteiger partial charge in [0.2, 0.25) is 23.5 Å². The zero-order valence-corrected chi connectivity index (χ0v) is 31.9. The van der Waals surface area contributed by atoms with Crippen LogP contribution >= 0.6 is 0 Å². The lowest BCUT2D eigenvalue weighted by atomic mass is 10.0. The lowest BCUT2D eigenvalue weighted by Gasteiger charge is -2.25. The summed E-state index contributed by atoms with van der Waals surface area (Å²) in [5.74, 6) is 0.943. The predicted molar refractivity (Wildman–Crippen MR) is 206 cm³/mol. The molecule has 5 heterocycles. The molecule has 1 aliphatic carbocycles. The van der Waals surface area contributed by atoms with Crippen LogP contribution < -0.4 is 26.0 Å². The van der Waals surface area contributed by atoms with Crippen molar-refractivity contribution >= 4 is 29.4 Å². The molecule has 2 aliphatic heterocycles. The fourth-order valence-corrected chi connectivity index (χ4v) is 6.86. The Balaban J connectivity index is 1.21. The van der Waals surface area contributed by atoms with Crippen molar-refractivity contribution in [2.75, 3.05) is 6.61 Å². The molecular weight excluding hydrogens is 713 g/mol. The first kappa shape index (κ1) is 38.2. The van der Waals surface area contributed by atoms with E-state index in [1.807, 2.05) is 42.5 Å². The van der Waals surface area contributed by atoms with E-state index in [2.05, 4.69) is 45.1 Å². The highest BCUT2D eigenvalue weighted by Gasteiger charge is 2.31. The summed E-state index contributed by atoms with van der Waals surface area (Å²) in [5, 5.41) is 16.7. The van der Waals surface area contributed by atoms with Gasteiger partial charge in [-0.15, -0.1) is 0 Å². The summed E-state index contributed by atoms with van der Waals surface area (Å²) < 4.78 is 9.38. The van der Waals surface area contributed by atoms with Crippen molar-refractivity contribution in [1.82, 2.24) is 50.4 Å². The molecule has 3 aromatic heterocycles. The van der Waals surface area contributed by atoms with Gasteiger partial charge in [-0.3, -0.25) is 23.6 Å². The molecule has 5 aromatic rings. The van der Waals surface area contributed by atoms with Gasteiger partial charge < -0.3 is 26.0 Å². The largest absolute Gasteiger partial charge is 0.491 e. The highest BCUT2D eigenvalue weighted by molar-refractivity contribution is 5.97. The van der Waals surface area contributed by atoms with Gasteiger partial charge in [0.1, 0.15) is 36.7 Å². The third kappa shape index (κ3) is 9.94. The Morgan fingerprint density at radius 2 is 1.73 bits per heavy atom. The van der Waals surface area contributed by atoms with Gasteiger partial charge in [0.15, 0.2) is 11.6 Å². The summed E-state index contributed by atoms with van der Waals surface area (Å²) in [5.41, 5.74) is 1.78. The maximum Gasteiger partial charge on any atom is 0.272 e. The maximum atomic E-state index is 14.0. The van der Waals surface area contributed by atoms with Gasteiger partial charge in [0.05, 0.1) is 12.1 Å². The van der Waals surface area contributed by atoms with E-state index in [4.69, 9.17) is 14.8 Å². The number of carbonyl (C=O) groups excluding carboxylic acids is 4. The standard InChI is InChI=1S/C41H48N10O5/c1-25(2)18-30-24-56-31-14-12-28(13-15-31)20-33(46-40(55)34-22-50-17-7-16-42-41(50)47-34)39(54)43-26(3)38(53)45-32(19-27-8-5-4-6-9-27)37-48-35(21-29-10-11-29)49-51(37)23-36(52)44-30/h4-9,12-17,22,25-26,29-30,32-33H,10-11,18-21,23-24H2,1-3H3,(H,43,54)(H,44,52)(H,45,53)(H,46,55)/t26-,30+,32-,33+/m1/s1. The zero-order valence-electron chi connectivity index (χ0n) is 31.9. The molecule has 4 atom stereocenters. The molecule has 0 saturated heterocycles. The van der Waals surface area contributed by atoms with Crippen LogP contribution in [0, 0.1) is 11.8 Å². The molecule has 0 unspecified atom stereocenters. The molecule has 1 saturated carbocycles. The van der Waals surface area contributed by atoms with E-state index in [1.54, 1.807) is 52.8 Å². The number of fused-ring (bicyclic) bond motifs is 15. The summed E-state index contributed by atoms with van der Waals surface area (Å²) in [4.78, 5) is 68.7. The quantitative estimate of drug-likeness (QED) is 0.184. The monoisotopic (exact) mass is 760 g/mol. The minimum absolute atomic E-state index is 0.0921. The van der Waals surface area contributed by atoms with Gasteiger partial charge >= 0.3 is 0 Å². The van der Waals surface area contributed by atoms with E-state index in [0.717, 1.165) is 24.0 Å². The third-order valence-electron chi connectivity index (χ3n) is 9.89. The summed E-state index contributed by atoms with van der Waals surface area (Å²) in [6.07, 6.45) is 8.89. The molecule has 292 valence electrons. The van der Waals surface area contributed by atoms with E-state index in [1.165, 1.54) is 0 Å². The van der Waals surface area contributed by atoms with E-state index < -0.39 is 35.8 Å². The van der Waals surface area contributed by atoms with E-state index in [-0.39, 0.29) is 43.1 Å². The molecule has 8 rings (SSSR count). The number of imidazole rings is 1. The molecule has 1 fully saturated rings. The van der Waals surface area contributed by atoms with Crippen molar-refractivity contribution in [2.45, 2.75) is 90.0 Å². The van der Waals surface area contributed by atoms with E-state index in [0.29, 0.717) is 48.4 Å². The first-order chi connectivity index (χ1) is 27.1. The Bertz CT molecular complexity index is 2130. The number of amides is 4. The van der Waals surface area contributed by atoms with Gasteiger partial charge in [-0.25, -0.2) is 19.6 Å². The molecule has 0 spiro atoms. The first-order valence-electron chi connectivity index (χ1n) is 19.3. The number of rotatable bonds is 8. The van der Waals surface area contributed by atoms with Crippen LogP contribution in [-0.2, 0) is 40.2 Å². The van der Waals surface area contributed by atoms with Crippen LogP contribution in [0.5, 0.6) is 5.75 Å². The average Bonchev–Trinajstić information content (AvgIpc) is 3.74. The van der Waals surface area contributed by atoms with Crippen molar-refractivity contribution in [1.29, 1.82) is 0 Å². The number of nitrogens with zero attached hydrogens (tertiary/aromatic N) is 6. The van der Waals surface area contributed by atoms with Crippen LogP contribution in [0.1, 0.15) is 79.3 Å². The van der Waals surface area contributed by atoms with Crippen LogP contribution in [0.15, 0.2) is 79.3 Å². The summed E-state index contributed by atoms with van der Waals surface area (Å²) in [6.45, 7) is 5.90. The minimum atomic E-state index is -1.06. The Labute approximate surface area is 325 Å². The topological polar surface area (TPSA) is 187 Å². The molecule has 4 N–H and O–H groups in total. The molecule has 2 bridgehead atoms. The molecule has 4 amide bonds. The van der Waals surface area contributed by atoms with Crippen molar-refractivity contribution in [2.24, 2.45) is 11.8 Å². The number of carbonyl (C=O) groups is 4. The number of nitrogens with one attached hydrogen (secondary N) is 4. The number of hydrogen-bond donors (Lipinski definition) is 4. The van der Waals surface area contributed by atoms with Gasteiger partial charge in [-0.2, -0.15) is 5.10 Å². The molecule has 15 heteroatoms. The molecule has 3 aliphatic rings. The van der Waals surface area contributed by atoms with Gasteiger partial charge in [-0.1, -0.05) is 56.3 Å². The van der Waals surface area contributed by atoms with Crippen LogP contribution in [0.25, 0.3) is 5.78 Å². The fourth-order valence-electron chi connectivity index (χ4n) is 6.86. The second-order valence-corrected chi connectivity index (χ2v) is 15.2. The smallest absolute Gasteiger partial charge is 0.272 e. The maximum absolute atomic E-state index is 14.0. The number of aromatic nitrogens is 6. The van der Waals surface area contributed by atoms with Crippen molar-refractivity contribution in [3.05, 3.63) is 108 Å². The molecule has 2 aromatic carbocycles. The molecule has 0 radical (unpaired) electrons. The van der Waals surface area contributed by atoms with Crippen LogP contribution in [-0.4, -0.2) is 77.5 Å². The predicted octanol–water partition coefficient (Wildman–Crippen LogP) is 3.14. The van der Waals surface area contributed by atoms with Gasteiger partial charge in [0.25, 0.3) is 5.91 Å². The van der Waals surface area contributed by atoms with Crippen LogP contribution in [0.3, 0.4) is 0 Å². The minimum Gasteiger partial charge on any atom is -0.491 e. The highest BCUT2D eigenvalue weighted by Crippen LogP contribution is 2.32. The summed E-state index contributed by atoms with van der Waals surface area (Å²) in [7, 11) is 0.